The maximum absolute atomic E-state index is 9.43. The molecular formula is C17H23NO2. The lowest BCUT2D eigenvalue weighted by Crippen LogP contribution is -2.32. The quantitative estimate of drug-likeness (QED) is 0.847. The Morgan fingerprint density at radius 1 is 1.30 bits per heavy atom. The van der Waals surface area contributed by atoms with Gasteiger partial charge in [-0.15, -0.1) is 0 Å². The average molecular weight is 273 g/mol. The summed E-state index contributed by atoms with van der Waals surface area (Å²) >= 11 is 0. The third kappa shape index (κ3) is 2.60. The predicted octanol–water partition coefficient (Wildman–Crippen LogP) is 3.49. The number of fused-ring (bicyclic) bond motifs is 1. The number of rotatable bonds is 6. The Morgan fingerprint density at radius 3 is 2.65 bits per heavy atom. The number of nitrogens with one attached hydrogen (secondary N) is 1. The first-order valence-corrected chi connectivity index (χ1v) is 7.46. The minimum atomic E-state index is 0.124. The van der Waals surface area contributed by atoms with Crippen LogP contribution in [-0.2, 0) is 0 Å². The molecule has 0 saturated heterocycles. The maximum atomic E-state index is 9.43. The molecule has 1 fully saturated rings. The molecule has 1 aliphatic carbocycles. The first-order valence-electron chi connectivity index (χ1n) is 7.46. The molecule has 1 aliphatic rings. The molecule has 1 unspecified atom stereocenters. The Hall–Kier alpha value is -1.32. The topological polar surface area (TPSA) is 45.4 Å². The summed E-state index contributed by atoms with van der Waals surface area (Å²) in [6, 6.07) is 10.4. The van der Waals surface area contributed by atoms with Crippen LogP contribution in [0, 0.1) is 11.3 Å². The van der Waals surface area contributed by atoms with E-state index in [4.69, 9.17) is 4.42 Å². The highest BCUT2D eigenvalue weighted by Gasteiger charge is 2.42. The SMILES string of the molecule is CC(C)C(NCC1(CO)CC1)c1cc2ccccc2o1. The van der Waals surface area contributed by atoms with Crippen LogP contribution >= 0.6 is 0 Å². The third-order valence-corrected chi connectivity index (χ3v) is 4.41. The standard InChI is InChI=1S/C17H23NO2/c1-12(2)16(18-10-17(11-19)7-8-17)15-9-13-5-3-4-6-14(13)20-15/h3-6,9,12,16,18-19H,7-8,10-11H2,1-2H3. The molecule has 108 valence electrons. The second-order valence-corrected chi connectivity index (χ2v) is 6.45. The van der Waals surface area contributed by atoms with Gasteiger partial charge in [-0.3, -0.25) is 0 Å². The van der Waals surface area contributed by atoms with Gasteiger partial charge in [0.2, 0.25) is 0 Å². The second kappa shape index (κ2) is 5.23. The van der Waals surface area contributed by atoms with E-state index in [-0.39, 0.29) is 18.1 Å². The van der Waals surface area contributed by atoms with E-state index < -0.39 is 0 Å². The summed E-state index contributed by atoms with van der Waals surface area (Å²) in [6.45, 7) is 5.54. The van der Waals surface area contributed by atoms with E-state index in [1.54, 1.807) is 0 Å². The predicted molar refractivity (Wildman–Crippen MR) is 80.5 cm³/mol. The number of aliphatic hydroxyl groups is 1. The van der Waals surface area contributed by atoms with E-state index in [1.807, 2.05) is 18.2 Å². The summed E-state index contributed by atoms with van der Waals surface area (Å²) < 4.78 is 5.99. The Balaban J connectivity index is 1.79. The largest absolute Gasteiger partial charge is 0.459 e. The summed E-state index contributed by atoms with van der Waals surface area (Å²) in [5, 5.41) is 14.2. The van der Waals surface area contributed by atoms with Crippen molar-refractivity contribution in [2.45, 2.75) is 32.7 Å². The van der Waals surface area contributed by atoms with Crippen LogP contribution in [0.25, 0.3) is 11.0 Å². The Morgan fingerprint density at radius 2 is 2.05 bits per heavy atom. The number of hydrogen-bond acceptors (Lipinski definition) is 3. The van der Waals surface area contributed by atoms with Crippen molar-refractivity contribution in [1.82, 2.24) is 5.32 Å². The number of aliphatic hydroxyl groups excluding tert-OH is 1. The molecule has 0 spiro atoms. The molecule has 0 radical (unpaired) electrons. The highest BCUT2D eigenvalue weighted by Crippen LogP contribution is 2.45. The zero-order valence-electron chi connectivity index (χ0n) is 12.2. The summed E-state index contributed by atoms with van der Waals surface area (Å²) in [4.78, 5) is 0. The molecule has 2 aromatic rings. The molecule has 1 atom stereocenters. The normalized spacial score (nSPS) is 18.6. The lowest BCUT2D eigenvalue weighted by atomic mass is 10.00. The fraction of sp³-hybridized carbons (Fsp3) is 0.529. The van der Waals surface area contributed by atoms with Crippen molar-refractivity contribution in [2.24, 2.45) is 11.3 Å². The highest BCUT2D eigenvalue weighted by molar-refractivity contribution is 5.77. The first-order chi connectivity index (χ1) is 9.63. The summed E-state index contributed by atoms with van der Waals surface area (Å²) in [5.74, 6) is 1.44. The summed E-state index contributed by atoms with van der Waals surface area (Å²) in [6.07, 6.45) is 2.25. The molecule has 1 aromatic carbocycles. The molecule has 3 rings (SSSR count). The van der Waals surface area contributed by atoms with Crippen LogP contribution in [0.15, 0.2) is 34.7 Å². The van der Waals surface area contributed by atoms with Crippen LogP contribution in [0.1, 0.15) is 38.5 Å². The van der Waals surface area contributed by atoms with Gasteiger partial charge in [-0.1, -0.05) is 32.0 Å². The Kier molecular flexibility index (Phi) is 3.57. The molecule has 2 N–H and O–H groups in total. The van der Waals surface area contributed by atoms with Crippen molar-refractivity contribution >= 4 is 11.0 Å². The fourth-order valence-electron chi connectivity index (χ4n) is 2.71. The smallest absolute Gasteiger partial charge is 0.134 e. The zero-order valence-corrected chi connectivity index (χ0v) is 12.2. The van der Waals surface area contributed by atoms with Crippen molar-refractivity contribution in [1.29, 1.82) is 0 Å². The van der Waals surface area contributed by atoms with Crippen LogP contribution in [0.4, 0.5) is 0 Å². The number of para-hydroxylation sites is 1. The van der Waals surface area contributed by atoms with Crippen LogP contribution in [0.5, 0.6) is 0 Å². The molecule has 1 heterocycles. The van der Waals surface area contributed by atoms with E-state index in [2.05, 4.69) is 31.3 Å². The van der Waals surface area contributed by atoms with Gasteiger partial charge >= 0.3 is 0 Å². The third-order valence-electron chi connectivity index (χ3n) is 4.41. The van der Waals surface area contributed by atoms with E-state index in [1.165, 1.54) is 0 Å². The van der Waals surface area contributed by atoms with Crippen molar-refractivity contribution in [2.75, 3.05) is 13.2 Å². The molecule has 0 bridgehead atoms. The van der Waals surface area contributed by atoms with E-state index in [9.17, 15) is 5.11 Å². The van der Waals surface area contributed by atoms with Gasteiger partial charge in [-0.05, 0) is 30.9 Å². The first kappa shape index (κ1) is 13.7. The number of hydrogen-bond donors (Lipinski definition) is 2. The zero-order chi connectivity index (χ0) is 14.2. The Bertz CT molecular complexity index is 550. The molecule has 1 saturated carbocycles. The number of benzene rings is 1. The van der Waals surface area contributed by atoms with E-state index in [0.29, 0.717) is 5.92 Å². The average Bonchev–Trinajstić information content (AvgIpc) is 3.09. The van der Waals surface area contributed by atoms with Gasteiger partial charge in [0.25, 0.3) is 0 Å². The van der Waals surface area contributed by atoms with E-state index >= 15 is 0 Å². The molecule has 20 heavy (non-hydrogen) atoms. The van der Waals surface area contributed by atoms with Gasteiger partial charge in [0.1, 0.15) is 11.3 Å². The van der Waals surface area contributed by atoms with Gasteiger partial charge in [-0.25, -0.2) is 0 Å². The summed E-state index contributed by atoms with van der Waals surface area (Å²) in [5.41, 5.74) is 1.07. The maximum Gasteiger partial charge on any atom is 0.134 e. The fourth-order valence-corrected chi connectivity index (χ4v) is 2.71. The van der Waals surface area contributed by atoms with Gasteiger partial charge in [0.05, 0.1) is 6.04 Å². The highest BCUT2D eigenvalue weighted by atomic mass is 16.3. The van der Waals surface area contributed by atoms with E-state index in [0.717, 1.165) is 36.1 Å². The van der Waals surface area contributed by atoms with Crippen molar-refractivity contribution in [3.63, 3.8) is 0 Å². The minimum Gasteiger partial charge on any atom is -0.459 e. The second-order valence-electron chi connectivity index (χ2n) is 6.45. The molecular weight excluding hydrogens is 250 g/mol. The van der Waals surface area contributed by atoms with Gasteiger partial charge in [-0.2, -0.15) is 0 Å². The van der Waals surface area contributed by atoms with Crippen molar-refractivity contribution in [3.8, 4) is 0 Å². The molecule has 3 nitrogen and oxygen atoms in total. The van der Waals surface area contributed by atoms with Crippen LogP contribution in [0.3, 0.4) is 0 Å². The monoisotopic (exact) mass is 273 g/mol. The lowest BCUT2D eigenvalue weighted by Gasteiger charge is -2.23. The molecule has 0 aliphatic heterocycles. The van der Waals surface area contributed by atoms with Crippen LogP contribution < -0.4 is 5.32 Å². The molecule has 3 heteroatoms. The van der Waals surface area contributed by atoms with Crippen LogP contribution in [0.2, 0.25) is 0 Å². The minimum absolute atomic E-state index is 0.124. The van der Waals surface area contributed by atoms with Crippen molar-refractivity contribution < 1.29 is 9.52 Å². The Labute approximate surface area is 120 Å². The van der Waals surface area contributed by atoms with Crippen LogP contribution in [-0.4, -0.2) is 18.3 Å². The van der Waals surface area contributed by atoms with Crippen molar-refractivity contribution in [3.05, 3.63) is 36.1 Å². The lowest BCUT2D eigenvalue weighted by molar-refractivity contribution is 0.197. The molecule has 0 amide bonds. The molecule has 1 aromatic heterocycles. The van der Waals surface area contributed by atoms with Gasteiger partial charge in [0, 0.05) is 24.0 Å². The van der Waals surface area contributed by atoms with Gasteiger partial charge in [0.15, 0.2) is 0 Å². The summed E-state index contributed by atoms with van der Waals surface area (Å²) in [7, 11) is 0. The van der Waals surface area contributed by atoms with Gasteiger partial charge < -0.3 is 14.8 Å². The number of furan rings is 1.